The van der Waals surface area contributed by atoms with Gasteiger partial charge >= 0.3 is 0 Å². The van der Waals surface area contributed by atoms with Crippen LogP contribution in [0.15, 0.2) is 35.7 Å². The van der Waals surface area contributed by atoms with E-state index in [9.17, 15) is 9.59 Å². The van der Waals surface area contributed by atoms with Gasteiger partial charge in [0, 0.05) is 61.9 Å². The van der Waals surface area contributed by atoms with Crippen molar-refractivity contribution in [2.24, 2.45) is 5.92 Å². The molecule has 1 aromatic carbocycles. The van der Waals surface area contributed by atoms with Crippen LogP contribution in [0, 0.1) is 5.92 Å². The summed E-state index contributed by atoms with van der Waals surface area (Å²) in [4.78, 5) is 32.6. The van der Waals surface area contributed by atoms with Gasteiger partial charge in [-0.3, -0.25) is 14.3 Å². The minimum Gasteiger partial charge on any atom is -0.383 e. The van der Waals surface area contributed by atoms with Gasteiger partial charge < -0.3 is 15.0 Å². The number of carbonyl (C=O) groups is 2. The fraction of sp³-hybridized carbons (Fsp3) is 0.462. The summed E-state index contributed by atoms with van der Waals surface area (Å²) >= 11 is 1.55. The number of ether oxygens (including phenoxy) is 1. The average Bonchev–Trinajstić information content (AvgIpc) is 3.47. The molecule has 1 aliphatic rings. The molecule has 1 aliphatic heterocycles. The first kappa shape index (κ1) is 25.1. The Morgan fingerprint density at radius 3 is 2.77 bits per heavy atom. The number of aryl methyl sites for hydroxylation is 1. The smallest absolute Gasteiger partial charge is 0.272 e. The van der Waals surface area contributed by atoms with E-state index in [2.05, 4.69) is 29.2 Å². The number of nitrogens with zero attached hydrogens (tertiary/aromatic N) is 4. The Hall–Kier alpha value is -3.04. The van der Waals surface area contributed by atoms with Gasteiger partial charge in [0.25, 0.3) is 5.91 Å². The molecule has 35 heavy (non-hydrogen) atoms. The predicted octanol–water partition coefficient (Wildman–Crippen LogP) is 3.56. The summed E-state index contributed by atoms with van der Waals surface area (Å²) in [5.74, 6) is 0.332. The molecule has 0 bridgehead atoms. The number of hydrogen-bond acceptors (Lipinski definition) is 6. The van der Waals surface area contributed by atoms with Crippen molar-refractivity contribution < 1.29 is 14.3 Å². The molecular weight excluding hydrogens is 462 g/mol. The molecule has 3 aromatic rings. The summed E-state index contributed by atoms with van der Waals surface area (Å²) in [7, 11) is 1.60. The van der Waals surface area contributed by atoms with Crippen LogP contribution < -0.4 is 5.32 Å². The summed E-state index contributed by atoms with van der Waals surface area (Å²) in [5.41, 5.74) is 4.15. The van der Waals surface area contributed by atoms with Crippen LogP contribution >= 0.6 is 11.3 Å². The zero-order valence-corrected chi connectivity index (χ0v) is 21.4. The molecule has 9 heteroatoms. The first-order valence-corrected chi connectivity index (χ1v) is 13.0. The maximum Gasteiger partial charge on any atom is 0.272 e. The Kier molecular flexibility index (Phi) is 8.30. The van der Waals surface area contributed by atoms with Crippen molar-refractivity contribution in [3.05, 3.63) is 58.4 Å². The van der Waals surface area contributed by atoms with Crippen LogP contribution in [-0.2, 0) is 35.5 Å². The first-order valence-electron chi connectivity index (χ1n) is 12.1. The third-order valence-corrected chi connectivity index (χ3v) is 7.06. The second-order valence-corrected chi connectivity index (χ2v) is 10.0. The quantitative estimate of drug-likeness (QED) is 0.435. The topological polar surface area (TPSA) is 89.4 Å². The minimum atomic E-state index is -0.220. The number of thiazole rings is 1. The zero-order valence-electron chi connectivity index (χ0n) is 20.6. The van der Waals surface area contributed by atoms with E-state index in [-0.39, 0.29) is 18.2 Å². The van der Waals surface area contributed by atoms with Gasteiger partial charge in [0.1, 0.15) is 5.01 Å². The fourth-order valence-corrected chi connectivity index (χ4v) is 5.00. The van der Waals surface area contributed by atoms with Crippen molar-refractivity contribution >= 4 is 23.2 Å². The van der Waals surface area contributed by atoms with Crippen molar-refractivity contribution in [1.29, 1.82) is 0 Å². The molecule has 0 saturated carbocycles. The Balaban J connectivity index is 1.48. The lowest BCUT2D eigenvalue weighted by Crippen LogP contribution is -2.38. The normalized spacial score (nSPS) is 13.2. The highest BCUT2D eigenvalue weighted by molar-refractivity contribution is 7.13. The molecule has 0 radical (unpaired) electrons. The first-order chi connectivity index (χ1) is 17.0. The van der Waals surface area contributed by atoms with Crippen molar-refractivity contribution in [1.82, 2.24) is 25.0 Å². The molecule has 3 heterocycles. The molecule has 0 spiro atoms. The molecule has 0 saturated heterocycles. The summed E-state index contributed by atoms with van der Waals surface area (Å²) in [6.07, 6.45) is 1.91. The van der Waals surface area contributed by atoms with E-state index in [1.54, 1.807) is 18.4 Å². The third-order valence-electron chi connectivity index (χ3n) is 6.12. The van der Waals surface area contributed by atoms with E-state index in [0.717, 1.165) is 40.5 Å². The van der Waals surface area contributed by atoms with Gasteiger partial charge in [0.05, 0.1) is 18.7 Å². The molecule has 4 rings (SSSR count). The second kappa shape index (κ2) is 11.6. The van der Waals surface area contributed by atoms with Crippen molar-refractivity contribution in [3.8, 4) is 10.6 Å². The Morgan fingerprint density at radius 2 is 2.03 bits per heavy atom. The van der Waals surface area contributed by atoms with E-state index in [0.29, 0.717) is 44.3 Å². The number of hydrogen-bond donors (Lipinski definition) is 1. The highest BCUT2D eigenvalue weighted by Crippen LogP contribution is 2.26. The van der Waals surface area contributed by atoms with Gasteiger partial charge in [0.15, 0.2) is 5.69 Å². The van der Waals surface area contributed by atoms with E-state index >= 15 is 0 Å². The van der Waals surface area contributed by atoms with E-state index in [1.165, 1.54) is 0 Å². The van der Waals surface area contributed by atoms with Crippen LogP contribution in [-0.4, -0.2) is 58.3 Å². The SMILES string of the molecule is COCCNC(=O)c1nn(CCC(C)C)c2c1CN(C(=O)Cc1csc(-c3ccccc3)n1)CC2. The van der Waals surface area contributed by atoms with Crippen LogP contribution in [0.25, 0.3) is 10.6 Å². The van der Waals surface area contributed by atoms with Gasteiger partial charge in [-0.2, -0.15) is 5.10 Å². The minimum absolute atomic E-state index is 0.0150. The number of fused-ring (bicyclic) bond motifs is 1. The molecule has 0 aliphatic carbocycles. The molecule has 2 aromatic heterocycles. The average molecular weight is 496 g/mol. The third kappa shape index (κ3) is 6.15. The van der Waals surface area contributed by atoms with Gasteiger partial charge in [-0.1, -0.05) is 44.2 Å². The maximum atomic E-state index is 13.2. The number of methoxy groups -OCH3 is 1. The molecular formula is C26H33N5O3S. The standard InChI is InChI=1S/C26H33N5O3S/c1-18(2)9-13-31-22-10-12-30(16-21(22)24(29-31)25(33)27-11-14-34-3)23(32)15-20-17-35-26(28-20)19-7-5-4-6-8-19/h4-8,17-18H,9-16H2,1-3H3,(H,27,33). The second-order valence-electron chi connectivity index (χ2n) is 9.18. The molecule has 1 N–H and O–H groups in total. The summed E-state index contributed by atoms with van der Waals surface area (Å²) in [5, 5.41) is 10.4. The van der Waals surface area contributed by atoms with Gasteiger partial charge in [-0.25, -0.2) is 4.98 Å². The monoisotopic (exact) mass is 495 g/mol. The lowest BCUT2D eigenvalue weighted by atomic mass is 10.0. The van der Waals surface area contributed by atoms with E-state index < -0.39 is 0 Å². The molecule has 0 unspecified atom stereocenters. The van der Waals surface area contributed by atoms with Gasteiger partial charge in [-0.05, 0) is 12.3 Å². The van der Waals surface area contributed by atoms with Crippen LogP contribution in [0.1, 0.15) is 47.7 Å². The van der Waals surface area contributed by atoms with E-state index in [4.69, 9.17) is 4.74 Å². The van der Waals surface area contributed by atoms with Crippen LogP contribution in [0.2, 0.25) is 0 Å². The number of rotatable bonds is 10. The van der Waals surface area contributed by atoms with Crippen LogP contribution in [0.4, 0.5) is 0 Å². The van der Waals surface area contributed by atoms with Crippen LogP contribution in [0.3, 0.4) is 0 Å². The highest BCUT2D eigenvalue weighted by Gasteiger charge is 2.30. The number of carbonyl (C=O) groups excluding carboxylic acids is 2. The molecule has 0 fully saturated rings. The molecule has 0 atom stereocenters. The summed E-state index contributed by atoms with van der Waals surface area (Å²) in [6, 6.07) is 9.98. The summed E-state index contributed by atoms with van der Waals surface area (Å²) in [6.45, 7) is 6.97. The van der Waals surface area contributed by atoms with Gasteiger partial charge in [-0.15, -0.1) is 11.3 Å². The van der Waals surface area contributed by atoms with Crippen molar-refractivity contribution in [2.75, 3.05) is 26.8 Å². The molecule has 186 valence electrons. The lowest BCUT2D eigenvalue weighted by Gasteiger charge is -2.28. The molecule has 2 amide bonds. The van der Waals surface area contributed by atoms with Crippen molar-refractivity contribution in [3.63, 3.8) is 0 Å². The number of aromatic nitrogens is 3. The summed E-state index contributed by atoms with van der Waals surface area (Å²) < 4.78 is 7.01. The maximum absolute atomic E-state index is 13.2. The Morgan fingerprint density at radius 1 is 1.23 bits per heavy atom. The number of amides is 2. The van der Waals surface area contributed by atoms with Crippen LogP contribution in [0.5, 0.6) is 0 Å². The largest absolute Gasteiger partial charge is 0.383 e. The number of benzene rings is 1. The fourth-order valence-electron chi connectivity index (χ4n) is 4.17. The lowest BCUT2D eigenvalue weighted by molar-refractivity contribution is -0.131. The molecule has 8 nitrogen and oxygen atoms in total. The predicted molar refractivity (Wildman–Crippen MR) is 136 cm³/mol. The zero-order chi connectivity index (χ0) is 24.8. The van der Waals surface area contributed by atoms with Gasteiger partial charge in [0.2, 0.25) is 5.91 Å². The van der Waals surface area contributed by atoms with E-state index in [1.807, 2.05) is 45.3 Å². The Labute approximate surface area is 210 Å². The van der Waals surface area contributed by atoms with Crippen molar-refractivity contribution in [2.45, 2.75) is 46.2 Å². The Bertz CT molecular complexity index is 1160. The number of nitrogens with one attached hydrogen (secondary N) is 1. The highest BCUT2D eigenvalue weighted by atomic mass is 32.1.